The Morgan fingerprint density at radius 1 is 1.29 bits per heavy atom. The average Bonchev–Trinajstić information content (AvgIpc) is 2.41. The molecule has 0 heterocycles. The third-order valence-corrected chi connectivity index (χ3v) is 3.11. The molecule has 0 saturated heterocycles. The van der Waals surface area contributed by atoms with Crippen LogP contribution in [-0.4, -0.2) is 18.2 Å². The molecule has 1 rings (SSSR count). The summed E-state index contributed by atoms with van der Waals surface area (Å²) in [5, 5.41) is 0. The predicted octanol–water partition coefficient (Wildman–Crippen LogP) is 4.29. The number of amides is 1. The van der Waals surface area contributed by atoms with Gasteiger partial charge in [-0.05, 0) is 51.8 Å². The van der Waals surface area contributed by atoms with Gasteiger partial charge in [0.15, 0.2) is 0 Å². The number of rotatable bonds is 5. The highest BCUT2D eigenvalue weighted by molar-refractivity contribution is 6.08. The van der Waals surface area contributed by atoms with E-state index in [-0.39, 0.29) is 5.91 Å². The molecule has 112 valence electrons. The molecule has 0 N–H and O–H groups in total. The van der Waals surface area contributed by atoms with Crippen molar-refractivity contribution in [1.29, 1.82) is 0 Å². The summed E-state index contributed by atoms with van der Waals surface area (Å²) < 4.78 is 0. The molecule has 0 saturated carbocycles. The Hall–Kier alpha value is -2.16. The van der Waals surface area contributed by atoms with Crippen LogP contribution in [0.25, 0.3) is 0 Å². The fourth-order valence-corrected chi connectivity index (χ4v) is 1.98. The third-order valence-electron chi connectivity index (χ3n) is 3.11. The Morgan fingerprint density at radius 3 is 2.38 bits per heavy atom. The standard InChI is InChI=1S/C18H24N2O/c1-7-20(17-11-9-8-10-15(17)6)18(21)16(13(2)3)12-19-14(4)5/h8-12H,2,7H2,1,3-6H3/b16-12+. The van der Waals surface area contributed by atoms with E-state index in [0.29, 0.717) is 12.1 Å². The number of likely N-dealkylation sites (N-methyl/N-ethyl adjacent to an activating group) is 1. The second kappa shape index (κ2) is 7.58. The van der Waals surface area contributed by atoms with Gasteiger partial charge in [-0.15, -0.1) is 0 Å². The molecule has 1 aromatic carbocycles. The minimum absolute atomic E-state index is 0.0655. The maximum atomic E-state index is 12.8. The minimum Gasteiger partial charge on any atom is -0.308 e. The van der Waals surface area contributed by atoms with Crippen LogP contribution in [-0.2, 0) is 4.79 Å². The quantitative estimate of drug-likeness (QED) is 0.451. The van der Waals surface area contributed by atoms with Gasteiger partial charge in [0, 0.05) is 24.1 Å². The fraction of sp³-hybridized carbons (Fsp3) is 0.333. The van der Waals surface area contributed by atoms with Crippen LogP contribution in [0.3, 0.4) is 0 Å². The van der Waals surface area contributed by atoms with Crippen LogP contribution in [0.1, 0.15) is 33.3 Å². The summed E-state index contributed by atoms with van der Waals surface area (Å²) in [5.74, 6) is -0.0655. The van der Waals surface area contributed by atoms with Gasteiger partial charge in [-0.3, -0.25) is 9.79 Å². The highest BCUT2D eigenvalue weighted by Crippen LogP contribution is 2.23. The summed E-state index contributed by atoms with van der Waals surface area (Å²) >= 11 is 0. The van der Waals surface area contributed by atoms with Crippen LogP contribution in [0.5, 0.6) is 0 Å². The lowest BCUT2D eigenvalue weighted by atomic mass is 10.1. The summed E-state index contributed by atoms with van der Waals surface area (Å²) in [4.78, 5) is 18.8. The van der Waals surface area contributed by atoms with Gasteiger partial charge >= 0.3 is 0 Å². The molecule has 0 unspecified atom stereocenters. The fourth-order valence-electron chi connectivity index (χ4n) is 1.98. The van der Waals surface area contributed by atoms with Crippen molar-refractivity contribution >= 4 is 17.3 Å². The summed E-state index contributed by atoms with van der Waals surface area (Å²) in [6.07, 6.45) is 1.61. The zero-order valence-electron chi connectivity index (χ0n) is 13.6. The molecule has 0 bridgehead atoms. The Balaban J connectivity index is 3.24. The smallest absolute Gasteiger partial charge is 0.260 e. The number of carbonyl (C=O) groups is 1. The van der Waals surface area contributed by atoms with Crippen LogP contribution >= 0.6 is 0 Å². The SMILES string of the molecule is C=C(C)/C(=C\N=C(C)C)C(=O)N(CC)c1ccccc1C. The third kappa shape index (κ3) is 4.42. The first-order valence-electron chi connectivity index (χ1n) is 7.13. The number of hydrogen-bond acceptors (Lipinski definition) is 2. The van der Waals surface area contributed by atoms with E-state index in [2.05, 4.69) is 11.6 Å². The van der Waals surface area contributed by atoms with Crippen molar-refractivity contribution < 1.29 is 4.79 Å². The molecule has 0 aliphatic rings. The summed E-state index contributed by atoms with van der Waals surface area (Å²) in [6, 6.07) is 7.87. The number of aryl methyl sites for hydroxylation is 1. The Labute approximate surface area is 127 Å². The van der Waals surface area contributed by atoms with E-state index < -0.39 is 0 Å². The lowest BCUT2D eigenvalue weighted by molar-refractivity contribution is -0.114. The molecule has 0 fully saturated rings. The number of para-hydroxylation sites is 1. The highest BCUT2D eigenvalue weighted by Gasteiger charge is 2.20. The van der Waals surface area contributed by atoms with E-state index in [0.717, 1.165) is 22.5 Å². The summed E-state index contributed by atoms with van der Waals surface area (Å²) in [5.41, 5.74) is 4.16. The normalized spacial score (nSPS) is 11.0. The second-order valence-electron chi connectivity index (χ2n) is 5.24. The largest absolute Gasteiger partial charge is 0.308 e. The maximum Gasteiger partial charge on any atom is 0.260 e. The Kier molecular flexibility index (Phi) is 6.10. The zero-order valence-corrected chi connectivity index (χ0v) is 13.6. The molecular weight excluding hydrogens is 260 g/mol. The van der Waals surface area contributed by atoms with Crippen LogP contribution in [0.15, 0.2) is 53.2 Å². The number of aliphatic imine (C=N–C) groups is 1. The van der Waals surface area contributed by atoms with Gasteiger partial charge in [0.1, 0.15) is 0 Å². The minimum atomic E-state index is -0.0655. The Morgan fingerprint density at radius 2 is 1.90 bits per heavy atom. The monoisotopic (exact) mass is 284 g/mol. The van der Waals surface area contributed by atoms with Gasteiger partial charge < -0.3 is 4.90 Å². The summed E-state index contributed by atoms with van der Waals surface area (Å²) in [7, 11) is 0. The van der Waals surface area contributed by atoms with Gasteiger partial charge in [0.2, 0.25) is 0 Å². The van der Waals surface area contributed by atoms with Crippen molar-refractivity contribution in [3.8, 4) is 0 Å². The molecule has 0 atom stereocenters. The molecule has 1 aromatic rings. The lowest BCUT2D eigenvalue weighted by Gasteiger charge is -2.24. The van der Waals surface area contributed by atoms with E-state index in [1.54, 1.807) is 11.1 Å². The van der Waals surface area contributed by atoms with Gasteiger partial charge in [0.05, 0.1) is 5.57 Å². The maximum absolute atomic E-state index is 12.8. The van der Waals surface area contributed by atoms with Crippen molar-refractivity contribution in [2.75, 3.05) is 11.4 Å². The van der Waals surface area contributed by atoms with Crippen LogP contribution in [0.4, 0.5) is 5.69 Å². The molecule has 21 heavy (non-hydrogen) atoms. The van der Waals surface area contributed by atoms with Crippen molar-refractivity contribution in [3.05, 3.63) is 53.8 Å². The first-order chi connectivity index (χ1) is 9.88. The van der Waals surface area contributed by atoms with E-state index in [1.165, 1.54) is 0 Å². The van der Waals surface area contributed by atoms with Crippen molar-refractivity contribution in [1.82, 2.24) is 0 Å². The van der Waals surface area contributed by atoms with Crippen LogP contribution in [0, 0.1) is 6.92 Å². The zero-order chi connectivity index (χ0) is 16.0. The first kappa shape index (κ1) is 16.9. The molecule has 3 heteroatoms. The number of hydrogen-bond donors (Lipinski definition) is 0. The summed E-state index contributed by atoms with van der Waals surface area (Å²) in [6.45, 7) is 14.1. The van der Waals surface area contributed by atoms with Gasteiger partial charge in [0.25, 0.3) is 5.91 Å². The molecular formula is C18H24N2O. The topological polar surface area (TPSA) is 32.7 Å². The van der Waals surface area contributed by atoms with Crippen molar-refractivity contribution in [2.24, 2.45) is 4.99 Å². The van der Waals surface area contributed by atoms with Gasteiger partial charge in [-0.1, -0.05) is 24.8 Å². The van der Waals surface area contributed by atoms with Crippen LogP contribution in [0.2, 0.25) is 0 Å². The molecule has 0 aliphatic heterocycles. The van der Waals surface area contributed by atoms with E-state index >= 15 is 0 Å². The van der Waals surface area contributed by atoms with E-state index in [1.807, 2.05) is 58.9 Å². The lowest BCUT2D eigenvalue weighted by Crippen LogP contribution is -2.32. The number of carbonyl (C=O) groups excluding carboxylic acids is 1. The predicted molar refractivity (Wildman–Crippen MR) is 90.9 cm³/mol. The Bertz CT molecular complexity index is 593. The molecule has 0 aromatic heterocycles. The number of benzene rings is 1. The van der Waals surface area contributed by atoms with Crippen LogP contribution < -0.4 is 4.90 Å². The van der Waals surface area contributed by atoms with Gasteiger partial charge in [-0.2, -0.15) is 0 Å². The van der Waals surface area contributed by atoms with Crippen molar-refractivity contribution in [2.45, 2.75) is 34.6 Å². The number of nitrogens with zero attached hydrogens (tertiary/aromatic N) is 2. The molecule has 1 amide bonds. The van der Waals surface area contributed by atoms with E-state index in [4.69, 9.17) is 0 Å². The highest BCUT2D eigenvalue weighted by atomic mass is 16.2. The second-order valence-corrected chi connectivity index (χ2v) is 5.24. The molecule has 0 radical (unpaired) electrons. The number of anilines is 1. The first-order valence-corrected chi connectivity index (χ1v) is 7.13. The average molecular weight is 284 g/mol. The molecule has 0 aliphatic carbocycles. The molecule has 3 nitrogen and oxygen atoms in total. The van der Waals surface area contributed by atoms with Crippen molar-refractivity contribution in [3.63, 3.8) is 0 Å². The molecule has 0 spiro atoms. The van der Waals surface area contributed by atoms with Gasteiger partial charge in [-0.25, -0.2) is 0 Å². The van der Waals surface area contributed by atoms with E-state index in [9.17, 15) is 4.79 Å².